The van der Waals surface area contributed by atoms with Crippen molar-refractivity contribution in [1.82, 2.24) is 0 Å². The maximum absolute atomic E-state index is 6.17. The summed E-state index contributed by atoms with van der Waals surface area (Å²) in [6.07, 6.45) is 5.44. The second-order valence-electron chi connectivity index (χ2n) is 5.54. The summed E-state index contributed by atoms with van der Waals surface area (Å²) in [6.45, 7) is 2.66. The molecule has 2 nitrogen and oxygen atoms in total. The number of halogens is 2. The van der Waals surface area contributed by atoms with Crippen LogP contribution in [0.5, 0.6) is 5.75 Å². The van der Waals surface area contributed by atoms with Gasteiger partial charge >= 0.3 is 0 Å². The van der Waals surface area contributed by atoms with Crippen molar-refractivity contribution in [2.24, 2.45) is 11.8 Å². The normalized spacial score (nSPS) is 18.7. The lowest BCUT2D eigenvalue weighted by Crippen LogP contribution is -2.24. The van der Waals surface area contributed by atoms with Crippen molar-refractivity contribution >= 4 is 33.2 Å². The van der Waals surface area contributed by atoms with Crippen molar-refractivity contribution in [2.45, 2.75) is 38.6 Å². The Hall–Kier alpha value is -0.410. The number of ether oxygens (including phenoxy) is 1. The second-order valence-corrected chi connectivity index (χ2v) is 6.83. The number of nitrogens with one attached hydrogen (secondary N) is 1. The Morgan fingerprint density at radius 3 is 2.47 bits per heavy atom. The fraction of sp³-hybridized carbons (Fsp3) is 0.600. The van der Waals surface area contributed by atoms with Gasteiger partial charge in [-0.05, 0) is 72.5 Å². The van der Waals surface area contributed by atoms with Gasteiger partial charge in [0, 0.05) is 11.1 Å². The van der Waals surface area contributed by atoms with Crippen LogP contribution in [-0.2, 0) is 0 Å². The molecule has 104 valence electrons. The Balaban J connectivity index is 1.85. The predicted molar refractivity (Wildman–Crippen MR) is 83.2 cm³/mol. The van der Waals surface area contributed by atoms with E-state index in [1.165, 1.54) is 25.7 Å². The maximum atomic E-state index is 6.17. The zero-order chi connectivity index (χ0) is 13.4. The second kappa shape index (κ2) is 5.53. The smallest absolute Gasteiger partial charge is 0.156 e. The summed E-state index contributed by atoms with van der Waals surface area (Å²) in [5, 5.41) is 4.44. The Bertz CT molecular complexity index is 459. The van der Waals surface area contributed by atoms with Gasteiger partial charge in [0.25, 0.3) is 0 Å². The molecule has 2 fully saturated rings. The zero-order valence-electron chi connectivity index (χ0n) is 11.1. The first-order chi connectivity index (χ1) is 9.19. The van der Waals surface area contributed by atoms with E-state index in [0.29, 0.717) is 12.6 Å². The summed E-state index contributed by atoms with van der Waals surface area (Å²) in [6, 6.07) is 4.47. The standard InChI is InChI=1S/C15H19BrClNO/c1-2-19-15-12(16)7-11(17)8-13(15)18-14(9-3-4-9)10-5-6-10/h7-10,14,18H,2-6H2,1H3. The highest BCUT2D eigenvalue weighted by molar-refractivity contribution is 9.10. The highest BCUT2D eigenvalue weighted by Crippen LogP contribution is 2.47. The Kier molecular flexibility index (Phi) is 3.95. The van der Waals surface area contributed by atoms with Gasteiger partial charge in [-0.25, -0.2) is 0 Å². The van der Waals surface area contributed by atoms with Crippen molar-refractivity contribution in [3.8, 4) is 5.75 Å². The van der Waals surface area contributed by atoms with Crippen LogP contribution in [0, 0.1) is 11.8 Å². The van der Waals surface area contributed by atoms with Crippen molar-refractivity contribution in [3.63, 3.8) is 0 Å². The third kappa shape index (κ3) is 3.19. The minimum Gasteiger partial charge on any atom is -0.491 e. The largest absolute Gasteiger partial charge is 0.491 e. The van der Waals surface area contributed by atoms with E-state index in [2.05, 4.69) is 21.2 Å². The minimum atomic E-state index is 0.601. The van der Waals surface area contributed by atoms with E-state index >= 15 is 0 Å². The zero-order valence-corrected chi connectivity index (χ0v) is 13.4. The van der Waals surface area contributed by atoms with Gasteiger partial charge in [-0.2, -0.15) is 0 Å². The average molecular weight is 345 g/mol. The molecule has 0 aromatic heterocycles. The third-order valence-corrected chi connectivity index (χ3v) is 4.69. The molecule has 0 unspecified atom stereocenters. The van der Waals surface area contributed by atoms with E-state index in [1.54, 1.807) is 0 Å². The predicted octanol–water partition coefficient (Wildman–Crippen LogP) is 5.10. The number of hydrogen-bond acceptors (Lipinski definition) is 2. The summed E-state index contributed by atoms with van der Waals surface area (Å²) in [7, 11) is 0. The molecule has 0 atom stereocenters. The minimum absolute atomic E-state index is 0.601. The highest BCUT2D eigenvalue weighted by atomic mass is 79.9. The lowest BCUT2D eigenvalue weighted by atomic mass is 10.1. The van der Waals surface area contributed by atoms with Crippen LogP contribution in [0.3, 0.4) is 0 Å². The Morgan fingerprint density at radius 1 is 1.32 bits per heavy atom. The topological polar surface area (TPSA) is 21.3 Å². The van der Waals surface area contributed by atoms with Gasteiger partial charge in [0.05, 0.1) is 16.8 Å². The molecule has 0 saturated heterocycles. The number of hydrogen-bond donors (Lipinski definition) is 1. The van der Waals surface area contributed by atoms with Crippen LogP contribution in [0.25, 0.3) is 0 Å². The maximum Gasteiger partial charge on any atom is 0.156 e. The quantitative estimate of drug-likeness (QED) is 0.775. The molecule has 1 aromatic rings. The van der Waals surface area contributed by atoms with Crippen LogP contribution >= 0.6 is 27.5 Å². The summed E-state index contributed by atoms with van der Waals surface area (Å²) in [5.41, 5.74) is 1.03. The van der Waals surface area contributed by atoms with Crippen LogP contribution in [0.2, 0.25) is 5.02 Å². The molecule has 0 spiro atoms. The third-order valence-electron chi connectivity index (χ3n) is 3.88. The fourth-order valence-corrected chi connectivity index (χ4v) is 3.59. The molecule has 1 N–H and O–H groups in total. The van der Waals surface area contributed by atoms with Crippen LogP contribution in [-0.4, -0.2) is 12.6 Å². The van der Waals surface area contributed by atoms with E-state index in [1.807, 2.05) is 19.1 Å². The first-order valence-corrected chi connectivity index (χ1v) is 8.24. The van der Waals surface area contributed by atoms with Crippen molar-refractivity contribution in [1.29, 1.82) is 0 Å². The molecule has 1 aromatic carbocycles. The number of anilines is 1. The van der Waals surface area contributed by atoms with E-state index in [0.717, 1.165) is 32.8 Å². The molecule has 2 aliphatic carbocycles. The highest BCUT2D eigenvalue weighted by Gasteiger charge is 2.41. The van der Waals surface area contributed by atoms with Crippen LogP contribution < -0.4 is 10.1 Å². The van der Waals surface area contributed by atoms with E-state index in [-0.39, 0.29) is 0 Å². The molecule has 3 rings (SSSR count). The first-order valence-electron chi connectivity index (χ1n) is 7.07. The molecule has 0 bridgehead atoms. The molecule has 0 amide bonds. The lowest BCUT2D eigenvalue weighted by Gasteiger charge is -2.22. The number of rotatable bonds is 6. The molecule has 19 heavy (non-hydrogen) atoms. The summed E-state index contributed by atoms with van der Waals surface area (Å²) in [5.74, 6) is 2.58. The van der Waals surface area contributed by atoms with E-state index < -0.39 is 0 Å². The van der Waals surface area contributed by atoms with Gasteiger partial charge in [0.2, 0.25) is 0 Å². The van der Waals surface area contributed by atoms with Gasteiger partial charge in [-0.3, -0.25) is 0 Å². The van der Waals surface area contributed by atoms with Gasteiger partial charge < -0.3 is 10.1 Å². The van der Waals surface area contributed by atoms with Crippen molar-refractivity contribution in [3.05, 3.63) is 21.6 Å². The summed E-state index contributed by atoms with van der Waals surface area (Å²) >= 11 is 9.72. The van der Waals surface area contributed by atoms with Gasteiger partial charge in [-0.15, -0.1) is 0 Å². The van der Waals surface area contributed by atoms with E-state index in [4.69, 9.17) is 16.3 Å². The molecular formula is C15H19BrClNO. The molecule has 0 radical (unpaired) electrons. The van der Waals surface area contributed by atoms with Crippen molar-refractivity contribution in [2.75, 3.05) is 11.9 Å². The summed E-state index contributed by atoms with van der Waals surface area (Å²) < 4.78 is 6.68. The average Bonchev–Trinajstić information content (AvgIpc) is 3.24. The number of benzene rings is 1. The molecular weight excluding hydrogens is 326 g/mol. The Labute approximate surface area is 128 Å². The van der Waals surface area contributed by atoms with E-state index in [9.17, 15) is 0 Å². The van der Waals surface area contributed by atoms with Gasteiger partial charge in [-0.1, -0.05) is 11.6 Å². The molecule has 4 heteroatoms. The van der Waals surface area contributed by atoms with Gasteiger partial charge in [0.15, 0.2) is 5.75 Å². The molecule has 2 saturated carbocycles. The van der Waals surface area contributed by atoms with Crippen LogP contribution in [0.15, 0.2) is 16.6 Å². The molecule has 0 aliphatic heterocycles. The van der Waals surface area contributed by atoms with Crippen LogP contribution in [0.4, 0.5) is 5.69 Å². The SMILES string of the molecule is CCOc1c(Br)cc(Cl)cc1NC(C1CC1)C1CC1. The monoisotopic (exact) mass is 343 g/mol. The molecule has 0 heterocycles. The summed E-state index contributed by atoms with van der Waals surface area (Å²) in [4.78, 5) is 0. The van der Waals surface area contributed by atoms with Gasteiger partial charge in [0.1, 0.15) is 0 Å². The van der Waals surface area contributed by atoms with Crippen LogP contribution in [0.1, 0.15) is 32.6 Å². The fourth-order valence-electron chi connectivity index (χ4n) is 2.67. The lowest BCUT2D eigenvalue weighted by molar-refractivity contribution is 0.339. The molecule has 2 aliphatic rings. The van der Waals surface area contributed by atoms with Crippen molar-refractivity contribution < 1.29 is 4.74 Å². The Morgan fingerprint density at radius 2 is 1.95 bits per heavy atom. The first kappa shape index (κ1) is 13.6.